The minimum Gasteiger partial charge on any atom is -0.454 e. The molecule has 2 aliphatic heterocycles. The molecule has 27 heavy (non-hydrogen) atoms. The summed E-state index contributed by atoms with van der Waals surface area (Å²) < 4.78 is 37.3. The van der Waals surface area contributed by atoms with Crippen LogP contribution >= 0.6 is 0 Å². The van der Waals surface area contributed by atoms with E-state index in [4.69, 9.17) is 9.47 Å². The highest BCUT2D eigenvalue weighted by Gasteiger charge is 2.22. The molecule has 0 unspecified atom stereocenters. The average molecular weight is 375 g/mol. The van der Waals surface area contributed by atoms with E-state index in [1.165, 1.54) is 6.07 Å². The number of hydrogen-bond donors (Lipinski definition) is 1. The minimum atomic E-state index is -0.787. The Labute approximate surface area is 155 Å². The van der Waals surface area contributed by atoms with Crippen molar-refractivity contribution >= 4 is 11.7 Å². The number of fused-ring (bicyclic) bond motifs is 1. The zero-order valence-corrected chi connectivity index (χ0v) is 14.6. The molecule has 6 nitrogen and oxygen atoms in total. The lowest BCUT2D eigenvalue weighted by Gasteiger charge is -2.34. The highest BCUT2D eigenvalue weighted by molar-refractivity contribution is 5.89. The number of piperazine rings is 1. The van der Waals surface area contributed by atoms with Gasteiger partial charge in [0.25, 0.3) is 0 Å². The number of carbonyl (C=O) groups excluding carboxylic acids is 1. The number of urea groups is 1. The van der Waals surface area contributed by atoms with Crippen LogP contribution in [-0.2, 0) is 6.54 Å². The molecule has 0 aliphatic carbocycles. The topological polar surface area (TPSA) is 54.0 Å². The molecule has 0 radical (unpaired) electrons. The number of anilines is 1. The van der Waals surface area contributed by atoms with E-state index in [0.29, 0.717) is 26.2 Å². The smallest absolute Gasteiger partial charge is 0.322 e. The van der Waals surface area contributed by atoms with Gasteiger partial charge in [0.05, 0.1) is 5.69 Å². The number of nitrogens with one attached hydrogen (secondary N) is 1. The largest absolute Gasteiger partial charge is 0.454 e. The van der Waals surface area contributed by atoms with Crippen molar-refractivity contribution in [1.82, 2.24) is 9.80 Å². The van der Waals surface area contributed by atoms with Gasteiger partial charge in [-0.15, -0.1) is 0 Å². The van der Waals surface area contributed by atoms with Crippen LogP contribution < -0.4 is 14.8 Å². The summed E-state index contributed by atoms with van der Waals surface area (Å²) in [5.74, 6) is 0.0486. The molecule has 0 spiro atoms. The van der Waals surface area contributed by atoms with Crippen molar-refractivity contribution in [1.29, 1.82) is 0 Å². The van der Waals surface area contributed by atoms with Gasteiger partial charge in [0.15, 0.2) is 11.5 Å². The van der Waals surface area contributed by atoms with Crippen LogP contribution in [0.4, 0.5) is 19.3 Å². The van der Waals surface area contributed by atoms with Crippen molar-refractivity contribution < 1.29 is 23.0 Å². The number of hydrogen-bond acceptors (Lipinski definition) is 4. The summed E-state index contributed by atoms with van der Waals surface area (Å²) in [7, 11) is 0. The van der Waals surface area contributed by atoms with E-state index >= 15 is 0 Å². The van der Waals surface area contributed by atoms with Crippen LogP contribution in [0.3, 0.4) is 0 Å². The first-order chi connectivity index (χ1) is 13.1. The number of amides is 2. The first kappa shape index (κ1) is 17.5. The molecular formula is C19H19F2N3O3. The quantitative estimate of drug-likeness (QED) is 0.896. The Hall–Kier alpha value is -2.87. The molecule has 8 heteroatoms. The van der Waals surface area contributed by atoms with Gasteiger partial charge in [-0.1, -0.05) is 6.07 Å². The monoisotopic (exact) mass is 375 g/mol. The van der Waals surface area contributed by atoms with Crippen molar-refractivity contribution in [2.75, 3.05) is 38.3 Å². The normalized spacial score (nSPS) is 16.4. The highest BCUT2D eigenvalue weighted by Crippen LogP contribution is 2.32. The summed E-state index contributed by atoms with van der Waals surface area (Å²) in [6.07, 6.45) is 0. The second-order valence-corrected chi connectivity index (χ2v) is 6.51. The maximum Gasteiger partial charge on any atom is 0.322 e. The lowest BCUT2D eigenvalue weighted by molar-refractivity contribution is 0.143. The minimum absolute atomic E-state index is 0.0239. The molecule has 2 amide bonds. The van der Waals surface area contributed by atoms with Gasteiger partial charge in [-0.05, 0) is 29.8 Å². The molecule has 2 aliphatic rings. The van der Waals surface area contributed by atoms with Gasteiger partial charge in [-0.2, -0.15) is 0 Å². The molecule has 1 N–H and O–H groups in total. The second-order valence-electron chi connectivity index (χ2n) is 6.51. The molecule has 2 aromatic rings. The van der Waals surface area contributed by atoms with Crippen molar-refractivity contribution in [3.8, 4) is 11.5 Å². The highest BCUT2D eigenvalue weighted by atomic mass is 19.1. The summed E-state index contributed by atoms with van der Waals surface area (Å²) in [6.45, 7) is 3.46. The number of ether oxygens (including phenoxy) is 2. The Morgan fingerprint density at radius 2 is 1.78 bits per heavy atom. The van der Waals surface area contributed by atoms with E-state index in [0.717, 1.165) is 35.7 Å². The molecule has 142 valence electrons. The number of halogens is 2. The molecule has 0 aromatic heterocycles. The van der Waals surface area contributed by atoms with Crippen LogP contribution in [-0.4, -0.2) is 48.8 Å². The van der Waals surface area contributed by atoms with Crippen molar-refractivity contribution in [2.24, 2.45) is 0 Å². The fourth-order valence-electron chi connectivity index (χ4n) is 3.19. The van der Waals surface area contributed by atoms with Crippen LogP contribution in [0.15, 0.2) is 36.4 Å². The van der Waals surface area contributed by atoms with E-state index in [9.17, 15) is 13.6 Å². The maximum atomic E-state index is 13.7. The Morgan fingerprint density at radius 3 is 2.56 bits per heavy atom. The predicted octanol–water partition coefficient (Wildman–Crippen LogP) is 3.04. The summed E-state index contributed by atoms with van der Waals surface area (Å²) in [5.41, 5.74) is 1.09. The Kier molecular flexibility index (Phi) is 4.81. The van der Waals surface area contributed by atoms with Crippen LogP contribution in [0.2, 0.25) is 0 Å². The lowest BCUT2D eigenvalue weighted by Crippen LogP contribution is -2.49. The molecule has 0 saturated carbocycles. The first-order valence-electron chi connectivity index (χ1n) is 8.70. The Morgan fingerprint density at radius 1 is 1.00 bits per heavy atom. The molecule has 4 rings (SSSR count). The zero-order chi connectivity index (χ0) is 18.8. The fourth-order valence-corrected chi connectivity index (χ4v) is 3.19. The van der Waals surface area contributed by atoms with Gasteiger partial charge >= 0.3 is 6.03 Å². The maximum absolute atomic E-state index is 13.7. The summed E-state index contributed by atoms with van der Waals surface area (Å²) >= 11 is 0. The molecule has 0 atom stereocenters. The standard InChI is InChI=1S/C19H19F2N3O3/c20-14-2-3-16(15(21)10-14)22-19(25)24-7-5-23(6-8-24)11-13-1-4-17-18(9-13)27-12-26-17/h1-4,9-10H,5-8,11-12H2,(H,22,25). The molecule has 2 aromatic carbocycles. The van der Waals surface area contributed by atoms with Crippen LogP contribution in [0.5, 0.6) is 11.5 Å². The summed E-state index contributed by atoms with van der Waals surface area (Å²) in [6, 6.07) is 8.57. The van der Waals surface area contributed by atoms with Crippen molar-refractivity contribution in [3.63, 3.8) is 0 Å². The van der Waals surface area contributed by atoms with Crippen molar-refractivity contribution in [2.45, 2.75) is 6.54 Å². The van der Waals surface area contributed by atoms with Gasteiger partial charge in [0.2, 0.25) is 6.79 Å². The third-order valence-electron chi connectivity index (χ3n) is 4.68. The number of benzene rings is 2. The van der Waals surface area contributed by atoms with Gasteiger partial charge in [-0.25, -0.2) is 13.6 Å². The number of rotatable bonds is 3. The molecule has 0 bridgehead atoms. The van der Waals surface area contributed by atoms with Gasteiger partial charge in [0.1, 0.15) is 11.6 Å². The van der Waals surface area contributed by atoms with E-state index in [1.807, 2.05) is 18.2 Å². The zero-order valence-electron chi connectivity index (χ0n) is 14.6. The molecule has 2 heterocycles. The predicted molar refractivity (Wildman–Crippen MR) is 94.8 cm³/mol. The lowest BCUT2D eigenvalue weighted by atomic mass is 10.1. The van der Waals surface area contributed by atoms with E-state index in [1.54, 1.807) is 4.90 Å². The Balaban J connectivity index is 1.30. The van der Waals surface area contributed by atoms with Gasteiger partial charge < -0.3 is 19.7 Å². The molecular weight excluding hydrogens is 356 g/mol. The number of carbonyl (C=O) groups is 1. The first-order valence-corrected chi connectivity index (χ1v) is 8.70. The SMILES string of the molecule is O=C(Nc1ccc(F)cc1F)N1CCN(Cc2ccc3c(c2)OCO3)CC1. The van der Waals surface area contributed by atoms with E-state index in [2.05, 4.69) is 10.2 Å². The van der Waals surface area contributed by atoms with Crippen LogP contribution in [0.1, 0.15) is 5.56 Å². The van der Waals surface area contributed by atoms with Crippen LogP contribution in [0, 0.1) is 11.6 Å². The van der Waals surface area contributed by atoms with E-state index in [-0.39, 0.29) is 18.5 Å². The average Bonchev–Trinajstić information content (AvgIpc) is 3.12. The summed E-state index contributed by atoms with van der Waals surface area (Å²) in [5, 5.41) is 2.50. The second kappa shape index (κ2) is 7.40. The van der Waals surface area contributed by atoms with Gasteiger partial charge in [-0.3, -0.25) is 4.90 Å². The third-order valence-corrected chi connectivity index (χ3v) is 4.68. The molecule has 1 fully saturated rings. The summed E-state index contributed by atoms with van der Waals surface area (Å²) in [4.78, 5) is 16.2. The van der Waals surface area contributed by atoms with Crippen LogP contribution in [0.25, 0.3) is 0 Å². The Bertz CT molecular complexity index is 854. The van der Waals surface area contributed by atoms with Gasteiger partial charge in [0, 0.05) is 38.8 Å². The van der Waals surface area contributed by atoms with E-state index < -0.39 is 11.6 Å². The number of nitrogens with zero attached hydrogens (tertiary/aromatic N) is 2. The third kappa shape index (κ3) is 3.95. The molecule has 1 saturated heterocycles. The van der Waals surface area contributed by atoms with Crippen molar-refractivity contribution in [3.05, 3.63) is 53.6 Å². The fraction of sp³-hybridized carbons (Fsp3) is 0.316.